The zero-order chi connectivity index (χ0) is 13.1. The van der Waals surface area contributed by atoms with Crippen LogP contribution in [0, 0.1) is 0 Å². The van der Waals surface area contributed by atoms with Gasteiger partial charge in [0.05, 0.1) is 0 Å². The molecule has 0 aliphatic heterocycles. The second-order valence-corrected chi connectivity index (χ2v) is 2.64. The average molecular weight is 280 g/mol. The maximum absolute atomic E-state index is 10.2. The minimum Gasteiger partial charge on any atom is -0.652 e. The SMILES string of the molecule is NC(N)=NCCCC(N)C(=O)O.O=C([O-])[O-].[Na+].[Na+]. The fourth-order valence-corrected chi connectivity index (χ4v) is 0.643. The number of carboxylic acids is 1. The first-order chi connectivity index (χ1) is 7.27. The molecule has 0 aromatic rings. The van der Waals surface area contributed by atoms with Gasteiger partial charge in [0, 0.05) is 6.54 Å². The van der Waals surface area contributed by atoms with Gasteiger partial charge in [0.15, 0.2) is 5.96 Å². The first-order valence-electron chi connectivity index (χ1n) is 4.19. The maximum atomic E-state index is 10.2. The van der Waals surface area contributed by atoms with E-state index < -0.39 is 18.2 Å². The van der Waals surface area contributed by atoms with E-state index in [4.69, 9.17) is 37.3 Å². The first kappa shape index (κ1) is 26.5. The Morgan fingerprint density at radius 1 is 1.22 bits per heavy atom. The molecule has 0 fully saturated rings. The van der Waals surface area contributed by atoms with E-state index in [0.29, 0.717) is 19.4 Å². The molecule has 9 nitrogen and oxygen atoms in total. The predicted molar refractivity (Wildman–Crippen MR) is 50.9 cm³/mol. The number of carbonyl (C=O) groups is 2. The third-order valence-electron chi connectivity index (χ3n) is 1.28. The number of hydrogen-bond donors (Lipinski definition) is 4. The van der Waals surface area contributed by atoms with Crippen LogP contribution < -0.4 is 86.5 Å². The Morgan fingerprint density at radius 3 is 1.89 bits per heavy atom. The third-order valence-corrected chi connectivity index (χ3v) is 1.28. The average Bonchev–Trinajstić information content (AvgIpc) is 2.10. The van der Waals surface area contributed by atoms with Gasteiger partial charge in [-0.05, 0) is 19.0 Å². The van der Waals surface area contributed by atoms with Gasteiger partial charge in [-0.2, -0.15) is 0 Å². The van der Waals surface area contributed by atoms with E-state index in [2.05, 4.69) is 4.99 Å². The maximum Gasteiger partial charge on any atom is 1.00 e. The fraction of sp³-hybridized carbons (Fsp3) is 0.571. The molecule has 0 bridgehead atoms. The second-order valence-electron chi connectivity index (χ2n) is 2.64. The molecular weight excluding hydrogens is 266 g/mol. The summed E-state index contributed by atoms with van der Waals surface area (Å²) in [5, 5.41) is 25.0. The quantitative estimate of drug-likeness (QED) is 0.165. The molecule has 0 rings (SSSR count). The summed E-state index contributed by atoms with van der Waals surface area (Å²) < 4.78 is 0. The van der Waals surface area contributed by atoms with Crippen molar-refractivity contribution in [2.45, 2.75) is 18.9 Å². The molecule has 11 heteroatoms. The molecule has 0 aromatic heterocycles. The number of guanidine groups is 1. The van der Waals surface area contributed by atoms with Crippen LogP contribution >= 0.6 is 0 Å². The van der Waals surface area contributed by atoms with E-state index in [1.807, 2.05) is 0 Å². The largest absolute Gasteiger partial charge is 1.00 e. The molecule has 0 radical (unpaired) electrons. The number of nitrogens with two attached hydrogens (primary N) is 3. The van der Waals surface area contributed by atoms with Gasteiger partial charge >= 0.3 is 65.1 Å². The van der Waals surface area contributed by atoms with Gasteiger partial charge < -0.3 is 37.3 Å². The van der Waals surface area contributed by atoms with Crippen LogP contribution in [0.1, 0.15) is 12.8 Å². The zero-order valence-corrected chi connectivity index (χ0v) is 14.5. The Morgan fingerprint density at radius 2 is 1.61 bits per heavy atom. The van der Waals surface area contributed by atoms with Crippen LogP contribution in [0.25, 0.3) is 0 Å². The van der Waals surface area contributed by atoms with Crippen molar-refractivity contribution in [3.8, 4) is 0 Å². The smallest absolute Gasteiger partial charge is 0.652 e. The van der Waals surface area contributed by atoms with Gasteiger partial charge in [0.1, 0.15) is 6.04 Å². The van der Waals surface area contributed by atoms with Gasteiger partial charge in [-0.15, -0.1) is 0 Å². The molecule has 7 N–H and O–H groups in total. The van der Waals surface area contributed by atoms with Crippen molar-refractivity contribution in [3.63, 3.8) is 0 Å². The summed E-state index contributed by atoms with van der Waals surface area (Å²) in [6.45, 7) is 0.420. The number of nitrogens with zero attached hydrogens (tertiary/aromatic N) is 1. The molecule has 0 aliphatic rings. The summed E-state index contributed by atoms with van der Waals surface area (Å²) in [6, 6.07) is -0.820. The molecule has 0 aliphatic carbocycles. The molecule has 1 atom stereocenters. The van der Waals surface area contributed by atoms with Crippen LogP contribution in [0.2, 0.25) is 0 Å². The number of carbonyl (C=O) groups excluding carboxylic acids is 1. The Balaban J connectivity index is -0.000000143. The predicted octanol–water partition coefficient (Wildman–Crippen LogP) is -9.99. The first-order valence-corrected chi connectivity index (χ1v) is 4.19. The van der Waals surface area contributed by atoms with Gasteiger partial charge in [-0.3, -0.25) is 9.79 Å². The summed E-state index contributed by atoms with van der Waals surface area (Å²) in [5.74, 6) is -0.987. The van der Waals surface area contributed by atoms with Crippen molar-refractivity contribution in [1.82, 2.24) is 0 Å². The Kier molecular flexibility index (Phi) is 25.0. The number of aliphatic carboxylic acids is 1. The topological polar surface area (TPSA) is 191 Å². The number of carboxylic acid groups (broad SMARTS) is 3. The second kappa shape index (κ2) is 17.0. The van der Waals surface area contributed by atoms with Gasteiger partial charge in [0.25, 0.3) is 0 Å². The summed E-state index contributed by atoms with van der Waals surface area (Å²) in [5.41, 5.74) is 15.3. The number of aliphatic imine (C=N–C) groups is 1. The number of rotatable bonds is 5. The van der Waals surface area contributed by atoms with Crippen LogP contribution in [0.15, 0.2) is 4.99 Å². The van der Waals surface area contributed by atoms with Crippen molar-refractivity contribution in [3.05, 3.63) is 0 Å². The van der Waals surface area contributed by atoms with E-state index in [1.54, 1.807) is 0 Å². The summed E-state index contributed by atoms with van der Waals surface area (Å²) in [7, 11) is 0. The van der Waals surface area contributed by atoms with E-state index in [-0.39, 0.29) is 65.1 Å². The van der Waals surface area contributed by atoms with Crippen molar-refractivity contribution in [2.75, 3.05) is 6.54 Å². The fourth-order valence-electron chi connectivity index (χ4n) is 0.643. The standard InChI is InChI=1S/C6H14N4O2.CH2O3.2Na/c7-4(5(11)12)2-1-3-10-6(8)9;2-1(3)4;;/h4H,1-3,7H2,(H,11,12)(H4,8,9,10);(H2,2,3,4);;/q;;2*+1/p-2. The number of hydrogen-bond acceptors (Lipinski definition) is 6. The normalized spacial score (nSPS) is 9.39. The summed E-state index contributed by atoms with van der Waals surface area (Å²) in [6.07, 6.45) is -1.38. The molecule has 0 amide bonds. The van der Waals surface area contributed by atoms with Crippen molar-refractivity contribution in [2.24, 2.45) is 22.2 Å². The van der Waals surface area contributed by atoms with Gasteiger partial charge in [0.2, 0.25) is 0 Å². The molecule has 0 aromatic carbocycles. The van der Waals surface area contributed by atoms with Crippen molar-refractivity contribution in [1.29, 1.82) is 0 Å². The molecule has 0 heterocycles. The van der Waals surface area contributed by atoms with E-state index in [1.165, 1.54) is 0 Å². The molecule has 1 unspecified atom stereocenters. The van der Waals surface area contributed by atoms with Crippen molar-refractivity contribution >= 4 is 18.1 Å². The Bertz CT molecular complexity index is 256. The molecule has 0 saturated carbocycles. The van der Waals surface area contributed by atoms with Gasteiger partial charge in [-0.25, -0.2) is 0 Å². The third kappa shape index (κ3) is 29.7. The zero-order valence-electron chi connectivity index (χ0n) is 10.5. The minimum absolute atomic E-state index is 0. The van der Waals surface area contributed by atoms with E-state index in [0.717, 1.165) is 0 Å². The summed E-state index contributed by atoms with van der Waals surface area (Å²) in [4.78, 5) is 22.2. The van der Waals surface area contributed by atoms with Crippen LogP contribution in [-0.2, 0) is 4.79 Å². The monoisotopic (exact) mass is 280 g/mol. The van der Waals surface area contributed by atoms with E-state index in [9.17, 15) is 4.79 Å². The summed E-state index contributed by atoms with van der Waals surface area (Å²) >= 11 is 0. The van der Waals surface area contributed by atoms with Crippen LogP contribution in [0.4, 0.5) is 4.79 Å². The van der Waals surface area contributed by atoms with Crippen molar-refractivity contribution < 1.29 is 84.0 Å². The molecule has 94 valence electrons. The molecule has 0 spiro atoms. The Labute approximate surface area is 148 Å². The Hall–Kier alpha value is -0.0300. The van der Waals surface area contributed by atoms with Crippen LogP contribution in [0.5, 0.6) is 0 Å². The minimum atomic E-state index is -2.33. The van der Waals surface area contributed by atoms with Crippen LogP contribution in [0.3, 0.4) is 0 Å². The van der Waals surface area contributed by atoms with Crippen LogP contribution in [-0.4, -0.2) is 35.8 Å². The molecule has 0 saturated heterocycles. The molecular formula is C7H14N4Na2O5. The van der Waals surface area contributed by atoms with Gasteiger partial charge in [-0.1, -0.05) is 0 Å². The molecule has 18 heavy (non-hydrogen) atoms. The van der Waals surface area contributed by atoms with E-state index >= 15 is 0 Å².